The summed E-state index contributed by atoms with van der Waals surface area (Å²) in [5.74, 6) is 0.941. The van der Waals surface area contributed by atoms with Crippen LogP contribution in [0.1, 0.15) is 29.9 Å². The Morgan fingerprint density at radius 1 is 1.38 bits per heavy atom. The highest BCUT2D eigenvalue weighted by Crippen LogP contribution is 2.32. The summed E-state index contributed by atoms with van der Waals surface area (Å²) >= 11 is 1.41. The van der Waals surface area contributed by atoms with E-state index < -0.39 is 0 Å². The summed E-state index contributed by atoms with van der Waals surface area (Å²) in [5, 5.41) is 0.832. The average molecular weight is 310 g/mol. The zero-order valence-electron chi connectivity index (χ0n) is 12.5. The molecule has 0 aliphatic carbocycles. The van der Waals surface area contributed by atoms with Gasteiger partial charge in [0.15, 0.2) is 5.13 Å². The van der Waals surface area contributed by atoms with Crippen molar-refractivity contribution in [3.05, 3.63) is 4.88 Å². The number of thiazole rings is 1. The molecular formula is C14H22N4O2S. The normalized spacial score (nSPS) is 26.4. The third kappa shape index (κ3) is 2.85. The number of amides is 1. The molecule has 3 heterocycles. The number of aromatic nitrogens is 1. The van der Waals surface area contributed by atoms with Gasteiger partial charge in [-0.1, -0.05) is 18.3 Å². The second-order valence-electron chi connectivity index (χ2n) is 5.96. The maximum absolute atomic E-state index is 12.7. The smallest absolute Gasteiger partial charge is 0.268 e. The molecule has 1 amide bonds. The van der Waals surface area contributed by atoms with Gasteiger partial charge >= 0.3 is 0 Å². The third-order valence-corrected chi connectivity index (χ3v) is 5.28. The standard InChI is InChI=1S/C14H22N4O2S/c1-9-7-10(2)18(8-9)13(19)11-12(15)16-14(21-11)17-3-5-20-6-4-17/h9-10H,3-8,15H2,1-2H3. The minimum Gasteiger partial charge on any atom is -0.382 e. The molecule has 21 heavy (non-hydrogen) atoms. The zero-order valence-corrected chi connectivity index (χ0v) is 13.4. The molecule has 0 bridgehead atoms. The van der Waals surface area contributed by atoms with E-state index in [0.717, 1.165) is 31.2 Å². The number of nitrogens with zero attached hydrogens (tertiary/aromatic N) is 3. The number of morpholine rings is 1. The summed E-state index contributed by atoms with van der Waals surface area (Å²) in [6, 6.07) is 0.279. The van der Waals surface area contributed by atoms with E-state index in [2.05, 4.69) is 23.7 Å². The van der Waals surface area contributed by atoms with Crippen molar-refractivity contribution in [2.24, 2.45) is 5.92 Å². The largest absolute Gasteiger partial charge is 0.382 e. The number of rotatable bonds is 2. The molecule has 2 saturated heterocycles. The topological polar surface area (TPSA) is 71.7 Å². The van der Waals surface area contributed by atoms with Gasteiger partial charge in [-0.2, -0.15) is 0 Å². The van der Waals surface area contributed by atoms with Crippen molar-refractivity contribution >= 4 is 28.2 Å². The number of hydrogen-bond acceptors (Lipinski definition) is 6. The molecule has 116 valence electrons. The van der Waals surface area contributed by atoms with Crippen molar-refractivity contribution < 1.29 is 9.53 Å². The fourth-order valence-corrected chi connectivity index (χ4v) is 4.07. The maximum atomic E-state index is 12.7. The van der Waals surface area contributed by atoms with Gasteiger partial charge in [0.25, 0.3) is 5.91 Å². The van der Waals surface area contributed by atoms with Gasteiger partial charge in [0, 0.05) is 25.7 Å². The molecule has 0 aromatic carbocycles. The molecule has 2 aliphatic rings. The molecular weight excluding hydrogens is 288 g/mol. The Labute approximate surface area is 128 Å². The van der Waals surface area contributed by atoms with Crippen LogP contribution in [-0.4, -0.2) is 54.7 Å². The van der Waals surface area contributed by atoms with Gasteiger partial charge < -0.3 is 20.3 Å². The van der Waals surface area contributed by atoms with Crippen molar-refractivity contribution in [1.29, 1.82) is 0 Å². The quantitative estimate of drug-likeness (QED) is 0.895. The van der Waals surface area contributed by atoms with Crippen LogP contribution in [0.4, 0.5) is 10.9 Å². The third-order valence-electron chi connectivity index (χ3n) is 4.16. The molecule has 1 aromatic rings. The number of ether oxygens (including phenoxy) is 1. The number of carbonyl (C=O) groups is 1. The van der Waals surface area contributed by atoms with Crippen molar-refractivity contribution in [2.45, 2.75) is 26.3 Å². The maximum Gasteiger partial charge on any atom is 0.268 e. The Morgan fingerprint density at radius 3 is 2.71 bits per heavy atom. The Bertz CT molecular complexity index is 527. The van der Waals surface area contributed by atoms with Gasteiger partial charge in [-0.15, -0.1) is 0 Å². The first-order valence-electron chi connectivity index (χ1n) is 7.46. The molecule has 2 atom stereocenters. The summed E-state index contributed by atoms with van der Waals surface area (Å²) in [6.07, 6.45) is 1.06. The average Bonchev–Trinajstić information content (AvgIpc) is 3.02. The Kier molecular flexibility index (Phi) is 4.03. The van der Waals surface area contributed by atoms with Crippen LogP contribution < -0.4 is 10.6 Å². The molecule has 6 nitrogen and oxygen atoms in total. The van der Waals surface area contributed by atoms with E-state index in [1.54, 1.807) is 0 Å². The first-order valence-corrected chi connectivity index (χ1v) is 8.28. The number of likely N-dealkylation sites (tertiary alicyclic amines) is 1. The lowest BCUT2D eigenvalue weighted by molar-refractivity contribution is 0.0749. The summed E-state index contributed by atoms with van der Waals surface area (Å²) in [5.41, 5.74) is 5.99. The minimum absolute atomic E-state index is 0.0290. The molecule has 0 spiro atoms. The van der Waals surface area contributed by atoms with E-state index in [4.69, 9.17) is 10.5 Å². The second kappa shape index (κ2) is 5.81. The summed E-state index contributed by atoms with van der Waals surface area (Å²) in [7, 11) is 0. The van der Waals surface area contributed by atoms with E-state index in [-0.39, 0.29) is 11.9 Å². The molecule has 7 heteroatoms. The van der Waals surface area contributed by atoms with Crippen LogP contribution in [0.25, 0.3) is 0 Å². The Morgan fingerprint density at radius 2 is 2.10 bits per heavy atom. The van der Waals surface area contributed by atoms with Gasteiger partial charge in [0.1, 0.15) is 10.7 Å². The van der Waals surface area contributed by atoms with Crippen LogP contribution in [0.15, 0.2) is 0 Å². The highest BCUT2D eigenvalue weighted by Gasteiger charge is 2.33. The molecule has 1 aromatic heterocycles. The lowest BCUT2D eigenvalue weighted by Gasteiger charge is -2.26. The first kappa shape index (κ1) is 14.6. The van der Waals surface area contributed by atoms with Crippen LogP contribution in [0.3, 0.4) is 0 Å². The van der Waals surface area contributed by atoms with E-state index in [1.807, 2.05) is 4.90 Å². The van der Waals surface area contributed by atoms with Gasteiger partial charge in [-0.05, 0) is 19.3 Å². The number of hydrogen-bond donors (Lipinski definition) is 1. The van der Waals surface area contributed by atoms with E-state index in [9.17, 15) is 4.79 Å². The van der Waals surface area contributed by atoms with E-state index in [0.29, 0.717) is 29.8 Å². The highest BCUT2D eigenvalue weighted by molar-refractivity contribution is 7.18. The van der Waals surface area contributed by atoms with E-state index >= 15 is 0 Å². The number of carbonyl (C=O) groups excluding carboxylic acids is 1. The lowest BCUT2D eigenvalue weighted by Crippen LogP contribution is -2.36. The summed E-state index contributed by atoms with van der Waals surface area (Å²) < 4.78 is 5.34. The SMILES string of the molecule is CC1CC(C)N(C(=O)c2sc(N3CCOCC3)nc2N)C1. The lowest BCUT2D eigenvalue weighted by atomic mass is 10.1. The van der Waals surface area contributed by atoms with Crippen LogP contribution in [0, 0.1) is 5.92 Å². The number of nitrogen functional groups attached to an aromatic ring is 1. The van der Waals surface area contributed by atoms with Crippen molar-refractivity contribution in [2.75, 3.05) is 43.5 Å². The molecule has 3 rings (SSSR count). The Hall–Kier alpha value is -1.34. The van der Waals surface area contributed by atoms with Gasteiger partial charge in [0.2, 0.25) is 0 Å². The van der Waals surface area contributed by atoms with E-state index in [1.165, 1.54) is 11.3 Å². The molecule has 0 radical (unpaired) electrons. The predicted octanol–water partition coefficient (Wildman–Crippen LogP) is 1.43. The molecule has 2 fully saturated rings. The van der Waals surface area contributed by atoms with Crippen LogP contribution in [-0.2, 0) is 4.74 Å². The minimum atomic E-state index is 0.0290. The number of anilines is 2. The van der Waals surface area contributed by atoms with Crippen LogP contribution in [0.5, 0.6) is 0 Å². The monoisotopic (exact) mass is 310 g/mol. The molecule has 2 unspecified atom stereocenters. The number of nitrogens with two attached hydrogens (primary N) is 1. The first-order chi connectivity index (χ1) is 10.1. The van der Waals surface area contributed by atoms with Crippen LogP contribution >= 0.6 is 11.3 Å². The van der Waals surface area contributed by atoms with Crippen LogP contribution in [0.2, 0.25) is 0 Å². The predicted molar refractivity (Wildman–Crippen MR) is 83.8 cm³/mol. The molecule has 0 saturated carbocycles. The fourth-order valence-electron chi connectivity index (χ4n) is 3.08. The van der Waals surface area contributed by atoms with Gasteiger partial charge in [-0.3, -0.25) is 4.79 Å². The molecule has 2 aliphatic heterocycles. The molecule has 2 N–H and O–H groups in total. The second-order valence-corrected chi connectivity index (χ2v) is 6.94. The van der Waals surface area contributed by atoms with Crippen molar-refractivity contribution in [1.82, 2.24) is 9.88 Å². The van der Waals surface area contributed by atoms with Crippen molar-refractivity contribution in [3.8, 4) is 0 Å². The Balaban J connectivity index is 1.79. The highest BCUT2D eigenvalue weighted by atomic mass is 32.1. The van der Waals surface area contributed by atoms with Gasteiger partial charge in [-0.25, -0.2) is 4.98 Å². The van der Waals surface area contributed by atoms with Gasteiger partial charge in [0.05, 0.1) is 13.2 Å². The summed E-state index contributed by atoms with van der Waals surface area (Å²) in [6.45, 7) is 8.09. The zero-order chi connectivity index (χ0) is 15.0. The fraction of sp³-hybridized carbons (Fsp3) is 0.714. The summed E-state index contributed by atoms with van der Waals surface area (Å²) in [4.78, 5) is 21.7. The van der Waals surface area contributed by atoms with Crippen molar-refractivity contribution in [3.63, 3.8) is 0 Å².